The molecule has 1 fully saturated rings. The van der Waals surface area contributed by atoms with E-state index < -0.39 is 0 Å². The third-order valence-corrected chi connectivity index (χ3v) is 5.03. The number of carbonyl (C=O) groups excluding carboxylic acids is 1. The van der Waals surface area contributed by atoms with Crippen molar-refractivity contribution in [2.45, 2.75) is 31.9 Å². The number of nitrogens with one attached hydrogen (secondary N) is 1. The van der Waals surface area contributed by atoms with Gasteiger partial charge in [0, 0.05) is 43.4 Å². The van der Waals surface area contributed by atoms with E-state index in [9.17, 15) is 4.79 Å². The molecular weight excluding hydrogens is 376 g/mol. The van der Waals surface area contributed by atoms with E-state index in [1.165, 1.54) is 20.3 Å². The van der Waals surface area contributed by atoms with E-state index >= 15 is 0 Å². The molecule has 0 spiro atoms. The number of methoxy groups -OCH3 is 2. The number of hydrogen-bond acceptors (Lipinski definition) is 9. The molecule has 2 aromatic rings. The van der Waals surface area contributed by atoms with Gasteiger partial charge in [-0.1, -0.05) is 0 Å². The van der Waals surface area contributed by atoms with Gasteiger partial charge in [-0.05, 0) is 12.8 Å². The lowest BCUT2D eigenvalue weighted by Gasteiger charge is -2.33. The summed E-state index contributed by atoms with van der Waals surface area (Å²) in [4.78, 5) is 32.2. The average Bonchev–Trinajstić information content (AvgIpc) is 2.78. The summed E-state index contributed by atoms with van der Waals surface area (Å²) in [5, 5.41) is 3.04. The topological polar surface area (TPSA) is 112 Å². The van der Waals surface area contributed by atoms with E-state index in [1.807, 2.05) is 6.20 Å². The van der Waals surface area contributed by atoms with Gasteiger partial charge in [-0.3, -0.25) is 4.79 Å². The summed E-state index contributed by atoms with van der Waals surface area (Å²) in [6.07, 6.45) is 4.46. The summed E-state index contributed by atoms with van der Waals surface area (Å²) in [6, 6.07) is 1.55. The van der Waals surface area contributed by atoms with Gasteiger partial charge in [0.05, 0.1) is 33.1 Å². The zero-order valence-corrected chi connectivity index (χ0v) is 16.6. The van der Waals surface area contributed by atoms with Crippen molar-refractivity contribution in [2.24, 2.45) is 0 Å². The van der Waals surface area contributed by atoms with Crippen LogP contribution >= 0.6 is 0 Å². The average molecular weight is 400 g/mol. The Morgan fingerprint density at radius 2 is 2.17 bits per heavy atom. The summed E-state index contributed by atoms with van der Waals surface area (Å²) in [6.45, 7) is 2.76. The van der Waals surface area contributed by atoms with Crippen LogP contribution in [0.15, 0.2) is 12.3 Å². The Kier molecular flexibility index (Phi) is 5.70. The lowest BCUT2D eigenvalue weighted by Crippen LogP contribution is -2.48. The maximum Gasteiger partial charge on any atom is 0.320 e. The van der Waals surface area contributed by atoms with Crippen molar-refractivity contribution in [1.82, 2.24) is 25.3 Å². The highest BCUT2D eigenvalue weighted by Gasteiger charge is 2.25. The molecule has 4 heterocycles. The number of amides is 1. The standard InChI is InChI=1S/C19H24N6O4/c1-27-16-8-15(23-19(24-16)28-2)17(26)21-13-4-3-6-25(10-13)18-20-9-12-11-29-7-5-14(12)22-18/h8-9,13H,3-7,10-11H2,1-2H3,(H,21,26)/t13-/m1/s1. The summed E-state index contributed by atoms with van der Waals surface area (Å²) in [5.74, 6) is 0.688. The van der Waals surface area contributed by atoms with Crippen molar-refractivity contribution in [3.63, 3.8) is 0 Å². The summed E-state index contributed by atoms with van der Waals surface area (Å²) in [5.41, 5.74) is 2.30. The van der Waals surface area contributed by atoms with E-state index in [2.05, 4.69) is 25.2 Å². The highest BCUT2D eigenvalue weighted by Crippen LogP contribution is 2.21. The van der Waals surface area contributed by atoms with Crippen LogP contribution in [0.2, 0.25) is 0 Å². The number of anilines is 1. The highest BCUT2D eigenvalue weighted by atomic mass is 16.5. The second-order valence-corrected chi connectivity index (χ2v) is 6.99. The van der Waals surface area contributed by atoms with Crippen molar-refractivity contribution >= 4 is 11.9 Å². The van der Waals surface area contributed by atoms with Gasteiger partial charge in [0.1, 0.15) is 5.69 Å². The predicted octanol–water partition coefficient (Wildman–Crippen LogP) is 0.755. The molecular formula is C19H24N6O4. The molecule has 10 nitrogen and oxygen atoms in total. The van der Waals surface area contributed by atoms with Crippen LogP contribution in [0.4, 0.5) is 5.95 Å². The molecule has 0 saturated carbocycles. The van der Waals surface area contributed by atoms with Gasteiger partial charge in [-0.25, -0.2) is 9.97 Å². The first kappa shape index (κ1) is 19.3. The van der Waals surface area contributed by atoms with Gasteiger partial charge in [0.15, 0.2) is 0 Å². The summed E-state index contributed by atoms with van der Waals surface area (Å²) in [7, 11) is 2.92. The number of aromatic nitrogens is 4. The van der Waals surface area contributed by atoms with E-state index in [-0.39, 0.29) is 29.5 Å². The quantitative estimate of drug-likeness (QED) is 0.777. The minimum absolute atomic E-state index is 0.0360. The van der Waals surface area contributed by atoms with Gasteiger partial charge < -0.3 is 24.4 Å². The van der Waals surface area contributed by atoms with Crippen LogP contribution in [0.3, 0.4) is 0 Å². The predicted molar refractivity (Wildman–Crippen MR) is 103 cm³/mol. The number of hydrogen-bond donors (Lipinski definition) is 1. The number of rotatable bonds is 5. The van der Waals surface area contributed by atoms with Crippen LogP contribution in [-0.4, -0.2) is 65.8 Å². The molecule has 0 aliphatic carbocycles. The minimum Gasteiger partial charge on any atom is -0.481 e. The molecule has 1 N–H and O–H groups in total. The third kappa shape index (κ3) is 4.37. The van der Waals surface area contributed by atoms with Crippen molar-refractivity contribution in [1.29, 1.82) is 0 Å². The van der Waals surface area contributed by atoms with E-state index in [1.54, 1.807) is 0 Å². The Morgan fingerprint density at radius 3 is 3.00 bits per heavy atom. The molecule has 10 heteroatoms. The van der Waals surface area contributed by atoms with Gasteiger partial charge in [0.2, 0.25) is 11.8 Å². The zero-order valence-electron chi connectivity index (χ0n) is 16.6. The van der Waals surface area contributed by atoms with Crippen molar-refractivity contribution in [3.05, 3.63) is 29.2 Å². The molecule has 0 aromatic carbocycles. The van der Waals surface area contributed by atoms with Gasteiger partial charge in [-0.15, -0.1) is 0 Å². The maximum atomic E-state index is 12.7. The highest BCUT2D eigenvalue weighted by molar-refractivity contribution is 5.92. The zero-order chi connectivity index (χ0) is 20.2. The Balaban J connectivity index is 1.44. The third-order valence-electron chi connectivity index (χ3n) is 5.03. The Bertz CT molecular complexity index is 871. The minimum atomic E-state index is -0.292. The molecule has 1 atom stereocenters. The molecule has 0 radical (unpaired) electrons. The second-order valence-electron chi connectivity index (χ2n) is 6.99. The number of nitrogens with zero attached hydrogens (tertiary/aromatic N) is 5. The van der Waals surface area contributed by atoms with Crippen LogP contribution in [0.1, 0.15) is 34.6 Å². The van der Waals surface area contributed by atoms with Gasteiger partial charge in [-0.2, -0.15) is 9.97 Å². The van der Waals surface area contributed by atoms with Crippen LogP contribution in [0.5, 0.6) is 11.9 Å². The van der Waals surface area contributed by atoms with Crippen molar-refractivity contribution in [2.75, 3.05) is 38.8 Å². The number of ether oxygens (including phenoxy) is 3. The largest absolute Gasteiger partial charge is 0.481 e. The molecule has 2 aromatic heterocycles. The Morgan fingerprint density at radius 1 is 1.28 bits per heavy atom. The molecule has 1 saturated heterocycles. The molecule has 1 amide bonds. The first-order valence-corrected chi connectivity index (χ1v) is 9.61. The lowest BCUT2D eigenvalue weighted by molar-refractivity contribution is 0.0926. The number of piperidine rings is 1. The maximum absolute atomic E-state index is 12.7. The van der Waals surface area contributed by atoms with E-state index in [0.717, 1.165) is 37.1 Å². The molecule has 4 rings (SSSR count). The van der Waals surface area contributed by atoms with Crippen LogP contribution in [0, 0.1) is 0 Å². The van der Waals surface area contributed by atoms with E-state index in [0.29, 0.717) is 25.7 Å². The Hall–Kier alpha value is -3.01. The molecule has 154 valence electrons. The molecule has 0 bridgehead atoms. The number of fused-ring (bicyclic) bond motifs is 1. The molecule has 0 unspecified atom stereocenters. The van der Waals surface area contributed by atoms with Crippen LogP contribution in [-0.2, 0) is 17.8 Å². The van der Waals surface area contributed by atoms with Gasteiger partial charge >= 0.3 is 6.01 Å². The van der Waals surface area contributed by atoms with Crippen molar-refractivity contribution in [3.8, 4) is 11.9 Å². The smallest absolute Gasteiger partial charge is 0.320 e. The summed E-state index contributed by atoms with van der Waals surface area (Å²) < 4.78 is 15.6. The molecule has 2 aliphatic rings. The molecule has 29 heavy (non-hydrogen) atoms. The Labute approximate surface area is 168 Å². The van der Waals surface area contributed by atoms with Gasteiger partial charge in [0.25, 0.3) is 5.91 Å². The van der Waals surface area contributed by atoms with E-state index in [4.69, 9.17) is 19.2 Å². The first-order chi connectivity index (χ1) is 14.2. The fourth-order valence-corrected chi connectivity index (χ4v) is 3.52. The second kappa shape index (κ2) is 8.56. The fourth-order valence-electron chi connectivity index (χ4n) is 3.52. The van der Waals surface area contributed by atoms with Crippen LogP contribution in [0.25, 0.3) is 0 Å². The van der Waals surface area contributed by atoms with Crippen molar-refractivity contribution < 1.29 is 19.0 Å². The lowest BCUT2D eigenvalue weighted by atomic mass is 10.1. The van der Waals surface area contributed by atoms with Crippen LogP contribution < -0.4 is 19.7 Å². The summed E-state index contributed by atoms with van der Waals surface area (Å²) >= 11 is 0. The molecule has 2 aliphatic heterocycles. The first-order valence-electron chi connectivity index (χ1n) is 9.61. The normalized spacial score (nSPS) is 18.7. The fraction of sp³-hybridized carbons (Fsp3) is 0.526. The number of carbonyl (C=O) groups is 1. The SMILES string of the molecule is COc1cc(C(=O)N[C@@H]2CCCN(c3ncc4c(n3)CCOC4)C2)nc(OC)n1. The monoisotopic (exact) mass is 400 g/mol.